The van der Waals surface area contributed by atoms with Crippen molar-refractivity contribution in [2.45, 2.75) is 13.8 Å². The van der Waals surface area contributed by atoms with Gasteiger partial charge in [-0.25, -0.2) is 10.2 Å². The Morgan fingerprint density at radius 3 is 2.37 bits per heavy atom. The zero-order valence-corrected chi connectivity index (χ0v) is 20.3. The van der Waals surface area contributed by atoms with Crippen molar-refractivity contribution < 1.29 is 23.9 Å². The van der Waals surface area contributed by atoms with Gasteiger partial charge < -0.3 is 14.8 Å². The summed E-state index contributed by atoms with van der Waals surface area (Å²) in [7, 11) is 0. The zero-order valence-electron chi connectivity index (χ0n) is 18.8. The van der Waals surface area contributed by atoms with Gasteiger partial charge in [-0.05, 0) is 73.2 Å². The number of amides is 2. The number of hydrogen-bond donors (Lipinski definition) is 2. The van der Waals surface area contributed by atoms with Crippen LogP contribution < -0.4 is 20.2 Å². The monoisotopic (exact) mass is 513 g/mol. The number of rotatable bonds is 8. The molecule has 0 radical (unpaired) electrons. The molecule has 0 unspecified atom stereocenters. The van der Waals surface area contributed by atoms with E-state index in [0.29, 0.717) is 34.2 Å². The fraction of sp³-hybridized carbons (Fsp3) is 0.120. The first-order valence-corrected chi connectivity index (χ1v) is 11.2. The lowest BCUT2D eigenvalue weighted by molar-refractivity contribution is -0.114. The van der Waals surface area contributed by atoms with Gasteiger partial charge >= 0.3 is 5.97 Å². The summed E-state index contributed by atoms with van der Waals surface area (Å²) in [5.41, 5.74) is 4.14. The third-order valence-electron chi connectivity index (χ3n) is 4.47. The molecule has 0 saturated heterocycles. The van der Waals surface area contributed by atoms with Gasteiger partial charge in [0.2, 0.25) is 5.91 Å². The topological polar surface area (TPSA) is 106 Å². The average molecular weight is 514 g/mol. The number of nitrogens with zero attached hydrogens (tertiary/aromatic N) is 1. The second kappa shape index (κ2) is 12.0. The van der Waals surface area contributed by atoms with Crippen LogP contribution in [0, 0.1) is 0 Å². The highest BCUT2D eigenvalue weighted by Crippen LogP contribution is 2.30. The highest BCUT2D eigenvalue weighted by atomic mass is 35.5. The number of ether oxygens (including phenoxy) is 2. The number of benzene rings is 3. The molecule has 0 aliphatic carbocycles. The Bertz CT molecular complexity index is 1280. The van der Waals surface area contributed by atoms with Gasteiger partial charge in [-0.3, -0.25) is 9.59 Å². The number of hydrogen-bond acceptors (Lipinski definition) is 6. The van der Waals surface area contributed by atoms with E-state index in [0.717, 1.165) is 0 Å². The standard InChI is InChI=1S/C25H21Cl2N3O5/c1-3-34-23-12-16(4-11-22(23)35-25(33)20-10-7-18(26)13-21(20)27)14-28-30-24(32)17-5-8-19(9-6-17)29-15(2)31/h4-14H,3H2,1-2H3,(H,29,31)(H,30,32)/b28-14+. The molecule has 8 nitrogen and oxygen atoms in total. The Hall–Kier alpha value is -3.88. The summed E-state index contributed by atoms with van der Waals surface area (Å²) in [4.78, 5) is 35.9. The maximum atomic E-state index is 12.5. The Kier molecular flexibility index (Phi) is 8.83. The Morgan fingerprint density at radius 1 is 0.971 bits per heavy atom. The fourth-order valence-electron chi connectivity index (χ4n) is 2.91. The van der Waals surface area contributed by atoms with E-state index in [9.17, 15) is 14.4 Å². The minimum absolute atomic E-state index is 0.164. The summed E-state index contributed by atoms with van der Waals surface area (Å²) in [5, 5.41) is 7.16. The lowest BCUT2D eigenvalue weighted by atomic mass is 10.2. The van der Waals surface area contributed by atoms with Crippen molar-refractivity contribution in [1.82, 2.24) is 5.43 Å². The fourth-order valence-corrected chi connectivity index (χ4v) is 3.39. The predicted octanol–water partition coefficient (Wildman–Crippen LogP) is 5.33. The van der Waals surface area contributed by atoms with Crippen LogP contribution >= 0.6 is 23.2 Å². The first kappa shape index (κ1) is 25.7. The third kappa shape index (κ3) is 7.30. The van der Waals surface area contributed by atoms with Gasteiger partial charge in [0.25, 0.3) is 5.91 Å². The molecule has 0 heterocycles. The molecule has 2 N–H and O–H groups in total. The smallest absolute Gasteiger partial charge is 0.345 e. The molecule has 0 atom stereocenters. The van der Waals surface area contributed by atoms with Gasteiger partial charge in [0.1, 0.15) is 0 Å². The molecule has 0 saturated carbocycles. The Morgan fingerprint density at radius 2 is 1.71 bits per heavy atom. The van der Waals surface area contributed by atoms with Gasteiger partial charge in [0.15, 0.2) is 11.5 Å². The molecular weight excluding hydrogens is 493 g/mol. The van der Waals surface area contributed by atoms with Crippen LogP contribution in [0.2, 0.25) is 10.0 Å². The van der Waals surface area contributed by atoms with Gasteiger partial charge in [-0.1, -0.05) is 23.2 Å². The van der Waals surface area contributed by atoms with E-state index >= 15 is 0 Å². The molecule has 35 heavy (non-hydrogen) atoms. The van der Waals surface area contributed by atoms with Crippen LogP contribution in [0.25, 0.3) is 0 Å². The summed E-state index contributed by atoms with van der Waals surface area (Å²) < 4.78 is 11.1. The molecule has 3 aromatic rings. The van der Waals surface area contributed by atoms with Crippen LogP contribution in [0.4, 0.5) is 5.69 Å². The summed E-state index contributed by atoms with van der Waals surface area (Å²) in [5.74, 6) is -0.775. The largest absolute Gasteiger partial charge is 0.490 e. The maximum absolute atomic E-state index is 12.5. The predicted molar refractivity (Wildman–Crippen MR) is 135 cm³/mol. The normalized spacial score (nSPS) is 10.6. The third-order valence-corrected chi connectivity index (χ3v) is 5.02. The van der Waals surface area contributed by atoms with E-state index in [2.05, 4.69) is 15.8 Å². The number of anilines is 1. The average Bonchev–Trinajstić information content (AvgIpc) is 2.80. The number of carbonyl (C=O) groups is 3. The molecule has 0 bridgehead atoms. The van der Waals surface area contributed by atoms with Crippen molar-refractivity contribution in [3.63, 3.8) is 0 Å². The number of halogens is 2. The van der Waals surface area contributed by atoms with Gasteiger partial charge in [-0.2, -0.15) is 5.10 Å². The number of nitrogens with one attached hydrogen (secondary N) is 2. The van der Waals surface area contributed by atoms with Gasteiger partial charge in [-0.15, -0.1) is 0 Å². The molecular formula is C25H21Cl2N3O5. The van der Waals surface area contributed by atoms with E-state index in [1.54, 1.807) is 55.5 Å². The molecule has 0 aromatic heterocycles. The highest BCUT2D eigenvalue weighted by molar-refractivity contribution is 6.36. The molecule has 0 aliphatic rings. The maximum Gasteiger partial charge on any atom is 0.345 e. The quantitative estimate of drug-likeness (QED) is 0.183. The van der Waals surface area contributed by atoms with Crippen LogP contribution in [0.1, 0.15) is 40.1 Å². The summed E-state index contributed by atoms with van der Waals surface area (Å²) >= 11 is 12.0. The van der Waals surface area contributed by atoms with Crippen molar-refractivity contribution in [3.05, 3.63) is 87.4 Å². The molecule has 180 valence electrons. The van der Waals surface area contributed by atoms with Crippen LogP contribution in [-0.4, -0.2) is 30.6 Å². The SMILES string of the molecule is CCOc1cc(/C=N/NC(=O)c2ccc(NC(C)=O)cc2)ccc1OC(=O)c1ccc(Cl)cc1Cl. The summed E-state index contributed by atoms with van der Waals surface area (Å²) in [6.45, 7) is 3.52. The summed E-state index contributed by atoms with van der Waals surface area (Å²) in [6.07, 6.45) is 1.42. The molecule has 3 rings (SSSR count). The lowest BCUT2D eigenvalue weighted by Crippen LogP contribution is -2.17. The minimum atomic E-state index is -0.661. The number of hydrazone groups is 1. The Balaban J connectivity index is 1.68. The molecule has 0 aliphatic heterocycles. The summed E-state index contributed by atoms with van der Waals surface area (Å²) in [6, 6.07) is 15.7. The zero-order chi connectivity index (χ0) is 25.4. The van der Waals surface area contributed by atoms with E-state index in [1.807, 2.05) is 0 Å². The van der Waals surface area contributed by atoms with Crippen molar-refractivity contribution in [2.24, 2.45) is 5.10 Å². The van der Waals surface area contributed by atoms with Crippen LogP contribution in [0.5, 0.6) is 11.5 Å². The lowest BCUT2D eigenvalue weighted by Gasteiger charge is -2.12. The minimum Gasteiger partial charge on any atom is -0.490 e. The second-order valence-corrected chi connectivity index (χ2v) is 7.95. The van der Waals surface area contributed by atoms with Crippen LogP contribution in [-0.2, 0) is 4.79 Å². The van der Waals surface area contributed by atoms with Crippen LogP contribution in [0.15, 0.2) is 65.8 Å². The molecule has 3 aromatic carbocycles. The molecule has 10 heteroatoms. The van der Waals surface area contributed by atoms with Crippen molar-refractivity contribution in [2.75, 3.05) is 11.9 Å². The van der Waals surface area contributed by atoms with E-state index < -0.39 is 11.9 Å². The first-order valence-electron chi connectivity index (χ1n) is 10.4. The van der Waals surface area contributed by atoms with E-state index in [-0.39, 0.29) is 22.2 Å². The molecule has 2 amide bonds. The van der Waals surface area contributed by atoms with Crippen molar-refractivity contribution in [1.29, 1.82) is 0 Å². The van der Waals surface area contributed by atoms with Crippen LogP contribution in [0.3, 0.4) is 0 Å². The Labute approximate surface area is 211 Å². The molecule has 0 spiro atoms. The first-order chi connectivity index (χ1) is 16.8. The second-order valence-electron chi connectivity index (χ2n) is 7.11. The van der Waals surface area contributed by atoms with E-state index in [4.69, 9.17) is 32.7 Å². The van der Waals surface area contributed by atoms with Crippen molar-refractivity contribution >= 4 is 52.9 Å². The molecule has 0 fully saturated rings. The number of esters is 1. The van der Waals surface area contributed by atoms with Gasteiger partial charge in [0.05, 0.1) is 23.4 Å². The van der Waals surface area contributed by atoms with Crippen molar-refractivity contribution in [3.8, 4) is 11.5 Å². The van der Waals surface area contributed by atoms with E-state index in [1.165, 1.54) is 25.3 Å². The highest BCUT2D eigenvalue weighted by Gasteiger charge is 2.16. The number of carbonyl (C=O) groups excluding carboxylic acids is 3. The van der Waals surface area contributed by atoms with Gasteiger partial charge in [0, 0.05) is 23.2 Å².